The minimum atomic E-state index is 0. The van der Waals surface area contributed by atoms with Gasteiger partial charge >= 0.3 is 0 Å². The third-order valence-corrected chi connectivity index (χ3v) is 5.69. The summed E-state index contributed by atoms with van der Waals surface area (Å²) >= 11 is 0. The van der Waals surface area contributed by atoms with Crippen LogP contribution in [0, 0.1) is 11.8 Å². The van der Waals surface area contributed by atoms with Crippen LogP contribution in [0.15, 0.2) is 29.3 Å². The molecule has 0 radical (unpaired) electrons. The third kappa shape index (κ3) is 8.68. The monoisotopic (exact) mass is 516 g/mol. The van der Waals surface area contributed by atoms with Crippen molar-refractivity contribution in [2.24, 2.45) is 16.8 Å². The van der Waals surface area contributed by atoms with E-state index in [0.29, 0.717) is 5.92 Å². The number of likely N-dealkylation sites (tertiary alicyclic amines) is 1. The van der Waals surface area contributed by atoms with Crippen LogP contribution in [0.2, 0.25) is 0 Å². The molecule has 1 aliphatic heterocycles. The highest BCUT2D eigenvalue weighted by atomic mass is 127. The van der Waals surface area contributed by atoms with Gasteiger partial charge in [0.15, 0.2) is 5.96 Å². The van der Waals surface area contributed by atoms with Gasteiger partial charge in [-0.2, -0.15) is 0 Å². The Labute approximate surface area is 192 Å². The molecule has 2 fully saturated rings. The van der Waals surface area contributed by atoms with Gasteiger partial charge in [0.1, 0.15) is 5.75 Å². The summed E-state index contributed by atoms with van der Waals surface area (Å²) in [6, 6.07) is 8.29. The predicted octanol–water partition coefficient (Wildman–Crippen LogP) is 3.12. The van der Waals surface area contributed by atoms with E-state index in [1.54, 1.807) is 7.11 Å². The second-order valence-electron chi connectivity index (χ2n) is 7.95. The highest BCUT2D eigenvalue weighted by Gasteiger charge is 2.22. The fourth-order valence-electron chi connectivity index (χ4n) is 3.56. The molecule has 0 bridgehead atoms. The molecule has 1 heterocycles. The van der Waals surface area contributed by atoms with Gasteiger partial charge in [0.25, 0.3) is 0 Å². The lowest BCUT2D eigenvalue weighted by Crippen LogP contribution is -2.43. The van der Waals surface area contributed by atoms with E-state index in [2.05, 4.69) is 38.7 Å². The standard InChI is InChI=1S/C22H36N4O2.HI/c1-23-22(24-15-18-9-11-26(12-10-18)13-14-27-2)25-16-20-5-3-4-6-21(20)28-17-19-7-8-19;/h3-6,18-19H,7-17H2,1-2H3,(H2,23,24,25);1H. The lowest BCUT2D eigenvalue weighted by molar-refractivity contribution is 0.121. The molecule has 1 aromatic rings. The molecule has 0 unspecified atom stereocenters. The summed E-state index contributed by atoms with van der Waals surface area (Å²) in [5.74, 6) is 3.31. The maximum Gasteiger partial charge on any atom is 0.191 e. The number of hydrogen-bond acceptors (Lipinski definition) is 4. The van der Waals surface area contributed by atoms with E-state index >= 15 is 0 Å². The number of ether oxygens (including phenoxy) is 2. The lowest BCUT2D eigenvalue weighted by Gasteiger charge is -2.32. The van der Waals surface area contributed by atoms with E-state index in [1.165, 1.54) is 31.2 Å². The summed E-state index contributed by atoms with van der Waals surface area (Å²) in [5.41, 5.74) is 1.18. The Morgan fingerprint density at radius 1 is 1.10 bits per heavy atom. The maximum absolute atomic E-state index is 6.01. The number of aliphatic imine (C=N–C) groups is 1. The van der Waals surface area contributed by atoms with Crippen LogP contribution in [0.4, 0.5) is 0 Å². The average molecular weight is 516 g/mol. The Balaban J connectivity index is 0.00000300. The van der Waals surface area contributed by atoms with Gasteiger partial charge in [0, 0.05) is 39.4 Å². The first-order chi connectivity index (χ1) is 13.8. The van der Waals surface area contributed by atoms with Gasteiger partial charge in [-0.15, -0.1) is 24.0 Å². The van der Waals surface area contributed by atoms with Crippen molar-refractivity contribution < 1.29 is 9.47 Å². The third-order valence-electron chi connectivity index (χ3n) is 5.69. The first-order valence-corrected chi connectivity index (χ1v) is 10.6. The molecule has 29 heavy (non-hydrogen) atoms. The molecular formula is C22H37IN4O2. The van der Waals surface area contributed by atoms with Crippen LogP contribution in [0.25, 0.3) is 0 Å². The molecule has 1 saturated heterocycles. The average Bonchev–Trinajstić information content (AvgIpc) is 3.57. The quantitative estimate of drug-likeness (QED) is 0.285. The van der Waals surface area contributed by atoms with Crippen LogP contribution in [-0.4, -0.2) is 64.4 Å². The SMILES string of the molecule is CN=C(NCc1ccccc1OCC1CC1)NCC1CCN(CCOC)CC1.I. The van der Waals surface area contributed by atoms with Gasteiger partial charge in [-0.3, -0.25) is 4.99 Å². The number of halogens is 1. The molecule has 7 heteroatoms. The molecule has 0 spiro atoms. The second kappa shape index (κ2) is 13.3. The van der Waals surface area contributed by atoms with Crippen LogP contribution in [-0.2, 0) is 11.3 Å². The number of methoxy groups -OCH3 is 1. The number of benzene rings is 1. The van der Waals surface area contributed by atoms with E-state index in [0.717, 1.165) is 63.6 Å². The molecule has 2 N–H and O–H groups in total. The second-order valence-corrected chi connectivity index (χ2v) is 7.95. The highest BCUT2D eigenvalue weighted by molar-refractivity contribution is 14.0. The minimum Gasteiger partial charge on any atom is -0.493 e. The highest BCUT2D eigenvalue weighted by Crippen LogP contribution is 2.30. The molecule has 1 aliphatic carbocycles. The summed E-state index contributed by atoms with van der Waals surface area (Å²) in [6.07, 6.45) is 5.07. The summed E-state index contributed by atoms with van der Waals surface area (Å²) < 4.78 is 11.2. The van der Waals surface area contributed by atoms with E-state index in [9.17, 15) is 0 Å². The fourth-order valence-corrected chi connectivity index (χ4v) is 3.56. The van der Waals surface area contributed by atoms with Gasteiger partial charge in [-0.05, 0) is 56.7 Å². The van der Waals surface area contributed by atoms with Crippen LogP contribution in [0.3, 0.4) is 0 Å². The van der Waals surface area contributed by atoms with Crippen LogP contribution in [0.5, 0.6) is 5.75 Å². The van der Waals surface area contributed by atoms with Gasteiger partial charge < -0.3 is 25.0 Å². The van der Waals surface area contributed by atoms with E-state index in [4.69, 9.17) is 9.47 Å². The van der Waals surface area contributed by atoms with Crippen molar-refractivity contribution in [3.8, 4) is 5.75 Å². The predicted molar refractivity (Wildman–Crippen MR) is 129 cm³/mol. The molecule has 1 saturated carbocycles. The zero-order valence-electron chi connectivity index (χ0n) is 17.9. The van der Waals surface area contributed by atoms with Gasteiger partial charge in [-0.25, -0.2) is 0 Å². The van der Waals surface area contributed by atoms with E-state index in [-0.39, 0.29) is 24.0 Å². The molecule has 0 amide bonds. The molecular weight excluding hydrogens is 479 g/mol. The van der Waals surface area contributed by atoms with Gasteiger partial charge in [-0.1, -0.05) is 18.2 Å². The Bertz CT molecular complexity index is 617. The fraction of sp³-hybridized carbons (Fsp3) is 0.682. The molecule has 0 aromatic heterocycles. The van der Waals surface area contributed by atoms with E-state index in [1.807, 2.05) is 13.1 Å². The van der Waals surface area contributed by atoms with Gasteiger partial charge in [0.05, 0.1) is 13.2 Å². The van der Waals surface area contributed by atoms with Crippen molar-refractivity contribution in [1.82, 2.24) is 15.5 Å². The molecule has 3 rings (SSSR count). The largest absolute Gasteiger partial charge is 0.493 e. The Morgan fingerprint density at radius 2 is 1.86 bits per heavy atom. The summed E-state index contributed by atoms with van der Waals surface area (Å²) in [7, 11) is 3.60. The number of piperidine rings is 1. The first kappa shape index (κ1) is 24.2. The zero-order valence-corrected chi connectivity index (χ0v) is 20.2. The van der Waals surface area contributed by atoms with Crippen LogP contribution < -0.4 is 15.4 Å². The molecule has 0 atom stereocenters. The molecule has 164 valence electrons. The number of nitrogens with one attached hydrogen (secondary N) is 2. The number of guanidine groups is 1. The molecule has 2 aliphatic rings. The molecule has 6 nitrogen and oxygen atoms in total. The van der Waals surface area contributed by atoms with Gasteiger partial charge in [0.2, 0.25) is 0 Å². The number of para-hydroxylation sites is 1. The minimum absolute atomic E-state index is 0. The normalized spacial score (nSPS) is 18.2. The first-order valence-electron chi connectivity index (χ1n) is 10.6. The van der Waals surface area contributed by atoms with Crippen molar-refractivity contribution in [3.05, 3.63) is 29.8 Å². The Hall–Kier alpha value is -1.06. The van der Waals surface area contributed by atoms with Crippen LogP contribution >= 0.6 is 24.0 Å². The van der Waals surface area contributed by atoms with Crippen LogP contribution in [0.1, 0.15) is 31.2 Å². The van der Waals surface area contributed by atoms with Crippen molar-refractivity contribution >= 4 is 29.9 Å². The molecule has 1 aromatic carbocycles. The van der Waals surface area contributed by atoms with Crippen molar-refractivity contribution in [2.75, 3.05) is 53.6 Å². The van der Waals surface area contributed by atoms with Crippen molar-refractivity contribution in [2.45, 2.75) is 32.2 Å². The Morgan fingerprint density at radius 3 is 2.55 bits per heavy atom. The summed E-state index contributed by atoms with van der Waals surface area (Å²) in [4.78, 5) is 6.88. The van der Waals surface area contributed by atoms with Crippen molar-refractivity contribution in [1.29, 1.82) is 0 Å². The summed E-state index contributed by atoms with van der Waals surface area (Å²) in [5, 5.41) is 6.94. The Kier molecular flexibility index (Phi) is 11.1. The van der Waals surface area contributed by atoms with Crippen molar-refractivity contribution in [3.63, 3.8) is 0 Å². The van der Waals surface area contributed by atoms with E-state index < -0.39 is 0 Å². The number of hydrogen-bond donors (Lipinski definition) is 2. The smallest absolute Gasteiger partial charge is 0.191 e. The maximum atomic E-state index is 6.01. The topological polar surface area (TPSA) is 58.1 Å². The number of nitrogens with zero attached hydrogens (tertiary/aromatic N) is 2. The summed E-state index contributed by atoms with van der Waals surface area (Å²) in [6.45, 7) is 6.72. The zero-order chi connectivity index (χ0) is 19.6. The number of rotatable bonds is 10. The lowest BCUT2D eigenvalue weighted by atomic mass is 9.97.